The van der Waals surface area contributed by atoms with Gasteiger partial charge in [0.05, 0.1) is 13.2 Å². The maximum absolute atomic E-state index is 12.3. The molecule has 2 rings (SSSR count). The molecule has 1 aromatic rings. The third-order valence-electron chi connectivity index (χ3n) is 1.91. The Bertz CT molecular complexity index is 349. The molecule has 0 N–H and O–H groups in total. The average Bonchev–Trinajstić information content (AvgIpc) is 2.11. The molecule has 0 spiro atoms. The summed E-state index contributed by atoms with van der Waals surface area (Å²) in [6.45, 7) is 0.801. The molecule has 0 atom stereocenters. The molecule has 15 heavy (non-hydrogen) atoms. The third-order valence-corrected chi connectivity index (χ3v) is 1.91. The van der Waals surface area contributed by atoms with Crippen molar-refractivity contribution < 1.29 is 22.6 Å². The fourth-order valence-corrected chi connectivity index (χ4v) is 1.09. The minimum absolute atomic E-state index is 0.0156. The monoisotopic (exact) mass is 219 g/mol. The molecule has 0 amide bonds. The van der Waals surface area contributed by atoms with Gasteiger partial charge in [0.2, 0.25) is 5.88 Å². The second kappa shape index (κ2) is 3.69. The summed E-state index contributed by atoms with van der Waals surface area (Å²) in [5, 5.41) is 0. The van der Waals surface area contributed by atoms with Gasteiger partial charge in [0, 0.05) is 6.07 Å². The zero-order valence-corrected chi connectivity index (χ0v) is 7.62. The summed E-state index contributed by atoms with van der Waals surface area (Å²) in [5.41, 5.74) is -0.944. The molecule has 2 heterocycles. The summed E-state index contributed by atoms with van der Waals surface area (Å²) in [6.07, 6.45) is -4.61. The number of ether oxygens (including phenoxy) is 2. The van der Waals surface area contributed by atoms with Gasteiger partial charge in [-0.25, -0.2) is 4.98 Å². The third kappa shape index (κ3) is 2.38. The number of hydrogen-bond acceptors (Lipinski definition) is 3. The van der Waals surface area contributed by atoms with Crippen LogP contribution < -0.4 is 4.74 Å². The van der Waals surface area contributed by atoms with Crippen LogP contribution in [0.4, 0.5) is 13.2 Å². The zero-order valence-electron chi connectivity index (χ0n) is 7.62. The summed E-state index contributed by atoms with van der Waals surface area (Å²) in [5.74, 6) is -0.0156. The van der Waals surface area contributed by atoms with Crippen molar-refractivity contribution in [1.29, 1.82) is 0 Å². The van der Waals surface area contributed by atoms with E-state index in [0.717, 1.165) is 6.07 Å². The normalized spacial score (nSPS) is 17.3. The smallest absolute Gasteiger partial charge is 0.433 e. The van der Waals surface area contributed by atoms with E-state index in [0.29, 0.717) is 13.2 Å². The SMILES string of the molecule is FC(F)(F)c1cccc(OC2COC2)n1. The molecule has 1 aliphatic heterocycles. The van der Waals surface area contributed by atoms with Gasteiger partial charge in [-0.15, -0.1) is 0 Å². The second-order valence-corrected chi connectivity index (χ2v) is 3.14. The number of pyridine rings is 1. The second-order valence-electron chi connectivity index (χ2n) is 3.14. The van der Waals surface area contributed by atoms with Crippen molar-refractivity contribution in [2.24, 2.45) is 0 Å². The van der Waals surface area contributed by atoms with E-state index in [1.807, 2.05) is 0 Å². The van der Waals surface area contributed by atoms with E-state index in [-0.39, 0.29) is 12.0 Å². The molecule has 1 aliphatic rings. The van der Waals surface area contributed by atoms with Crippen LogP contribution in [0.5, 0.6) is 5.88 Å². The van der Waals surface area contributed by atoms with E-state index in [9.17, 15) is 13.2 Å². The van der Waals surface area contributed by atoms with Crippen LogP contribution in [0, 0.1) is 0 Å². The molecule has 6 heteroatoms. The average molecular weight is 219 g/mol. The van der Waals surface area contributed by atoms with Crippen LogP contribution in [0.3, 0.4) is 0 Å². The van der Waals surface area contributed by atoms with Crippen molar-refractivity contribution in [2.75, 3.05) is 13.2 Å². The predicted octanol–water partition coefficient (Wildman–Crippen LogP) is 1.88. The lowest BCUT2D eigenvalue weighted by Crippen LogP contribution is -2.38. The van der Waals surface area contributed by atoms with E-state index in [2.05, 4.69) is 4.98 Å². The first-order valence-corrected chi connectivity index (χ1v) is 4.34. The minimum atomic E-state index is -4.44. The zero-order chi connectivity index (χ0) is 10.9. The maximum atomic E-state index is 12.3. The van der Waals surface area contributed by atoms with Crippen LogP contribution >= 0.6 is 0 Å². The Labute approximate surface area is 83.8 Å². The van der Waals surface area contributed by atoms with Crippen LogP contribution in [0.2, 0.25) is 0 Å². The highest BCUT2D eigenvalue weighted by Crippen LogP contribution is 2.28. The van der Waals surface area contributed by atoms with E-state index in [1.165, 1.54) is 12.1 Å². The van der Waals surface area contributed by atoms with E-state index < -0.39 is 11.9 Å². The molecule has 1 saturated heterocycles. The Morgan fingerprint density at radius 2 is 2.07 bits per heavy atom. The number of nitrogens with zero attached hydrogens (tertiary/aromatic N) is 1. The molecule has 0 bridgehead atoms. The molecule has 0 aromatic carbocycles. The Kier molecular flexibility index (Phi) is 2.52. The lowest BCUT2D eigenvalue weighted by molar-refractivity contribution is -0.141. The van der Waals surface area contributed by atoms with Gasteiger partial charge in [0.1, 0.15) is 11.8 Å². The van der Waals surface area contributed by atoms with Gasteiger partial charge < -0.3 is 9.47 Å². The lowest BCUT2D eigenvalue weighted by atomic mass is 10.3. The summed E-state index contributed by atoms with van der Waals surface area (Å²) >= 11 is 0. The Morgan fingerprint density at radius 3 is 2.60 bits per heavy atom. The number of alkyl halides is 3. The van der Waals surface area contributed by atoms with Crippen LogP contribution in [0.1, 0.15) is 5.69 Å². The number of aromatic nitrogens is 1. The topological polar surface area (TPSA) is 31.4 Å². The highest BCUT2D eigenvalue weighted by Gasteiger charge is 2.33. The fourth-order valence-electron chi connectivity index (χ4n) is 1.09. The summed E-state index contributed by atoms with van der Waals surface area (Å²) in [6, 6.07) is 3.57. The Hall–Kier alpha value is -1.30. The minimum Gasteiger partial charge on any atom is -0.469 e. The lowest BCUT2D eigenvalue weighted by Gasteiger charge is -2.26. The van der Waals surface area contributed by atoms with E-state index in [4.69, 9.17) is 9.47 Å². The van der Waals surface area contributed by atoms with Gasteiger partial charge in [-0.2, -0.15) is 13.2 Å². The molecule has 0 aliphatic carbocycles. The summed E-state index contributed by atoms with van der Waals surface area (Å²) < 4.78 is 46.8. The van der Waals surface area contributed by atoms with Gasteiger partial charge in [0.15, 0.2) is 0 Å². The van der Waals surface area contributed by atoms with Crippen molar-refractivity contribution >= 4 is 0 Å². The molecule has 0 saturated carbocycles. The highest BCUT2D eigenvalue weighted by molar-refractivity contribution is 5.18. The molecule has 1 aromatic heterocycles. The first-order valence-electron chi connectivity index (χ1n) is 4.34. The standard InChI is InChI=1S/C9H8F3NO2/c10-9(11,12)7-2-1-3-8(13-7)15-6-4-14-5-6/h1-3,6H,4-5H2. The molecular formula is C9H8F3NO2. The van der Waals surface area contributed by atoms with Crippen molar-refractivity contribution in [1.82, 2.24) is 4.98 Å². The Morgan fingerprint density at radius 1 is 1.33 bits per heavy atom. The largest absolute Gasteiger partial charge is 0.469 e. The van der Waals surface area contributed by atoms with Gasteiger partial charge in [-0.3, -0.25) is 0 Å². The van der Waals surface area contributed by atoms with Gasteiger partial charge >= 0.3 is 6.18 Å². The quantitative estimate of drug-likeness (QED) is 0.761. The first-order chi connectivity index (χ1) is 7.05. The number of hydrogen-bond donors (Lipinski definition) is 0. The van der Waals surface area contributed by atoms with E-state index in [1.54, 1.807) is 0 Å². The maximum Gasteiger partial charge on any atom is 0.433 e. The van der Waals surface area contributed by atoms with Crippen molar-refractivity contribution in [3.8, 4) is 5.88 Å². The Balaban J connectivity index is 2.11. The molecule has 3 nitrogen and oxygen atoms in total. The highest BCUT2D eigenvalue weighted by atomic mass is 19.4. The molecule has 82 valence electrons. The van der Waals surface area contributed by atoms with Crippen LogP contribution in [0.15, 0.2) is 18.2 Å². The first kappa shape index (κ1) is 10.2. The van der Waals surface area contributed by atoms with Gasteiger partial charge in [-0.05, 0) is 6.07 Å². The molecule has 0 radical (unpaired) electrons. The molecule has 0 unspecified atom stereocenters. The van der Waals surface area contributed by atoms with Crippen LogP contribution in [-0.4, -0.2) is 24.3 Å². The van der Waals surface area contributed by atoms with Crippen molar-refractivity contribution in [3.63, 3.8) is 0 Å². The van der Waals surface area contributed by atoms with E-state index >= 15 is 0 Å². The van der Waals surface area contributed by atoms with Crippen LogP contribution in [0.25, 0.3) is 0 Å². The van der Waals surface area contributed by atoms with Crippen molar-refractivity contribution in [3.05, 3.63) is 23.9 Å². The number of rotatable bonds is 2. The van der Waals surface area contributed by atoms with Gasteiger partial charge in [-0.1, -0.05) is 6.07 Å². The van der Waals surface area contributed by atoms with Gasteiger partial charge in [0.25, 0.3) is 0 Å². The van der Waals surface area contributed by atoms with Crippen molar-refractivity contribution in [2.45, 2.75) is 12.3 Å². The number of halogens is 3. The molecule has 1 fully saturated rings. The summed E-state index contributed by atoms with van der Waals surface area (Å²) in [4.78, 5) is 3.36. The predicted molar refractivity (Wildman–Crippen MR) is 44.5 cm³/mol. The fraction of sp³-hybridized carbons (Fsp3) is 0.444. The molecular weight excluding hydrogens is 211 g/mol. The van der Waals surface area contributed by atoms with Crippen LogP contribution in [-0.2, 0) is 10.9 Å². The summed E-state index contributed by atoms with van der Waals surface area (Å²) in [7, 11) is 0.